The molecule has 0 saturated carbocycles. The summed E-state index contributed by atoms with van der Waals surface area (Å²) in [6.45, 7) is 4.54. The molecule has 5 heteroatoms. The predicted octanol–water partition coefficient (Wildman–Crippen LogP) is 5.98. The van der Waals surface area contributed by atoms with Crippen LogP contribution in [-0.4, -0.2) is 23.5 Å². The largest absolute Gasteiger partial charge is 0.490 e. The fourth-order valence-electron chi connectivity index (χ4n) is 3.29. The van der Waals surface area contributed by atoms with Gasteiger partial charge in [-0.25, -0.2) is 9.18 Å². The first-order chi connectivity index (χ1) is 14.9. The molecule has 0 fully saturated rings. The van der Waals surface area contributed by atoms with Gasteiger partial charge in [-0.05, 0) is 70.6 Å². The highest BCUT2D eigenvalue weighted by atomic mass is 19.1. The van der Waals surface area contributed by atoms with Gasteiger partial charge >= 0.3 is 5.97 Å². The molecular formula is C26H23FO4. The third-order valence-corrected chi connectivity index (χ3v) is 4.86. The molecule has 158 valence electrons. The number of carbonyl (C=O) groups excluding carboxylic acids is 1. The number of benzene rings is 3. The quantitative estimate of drug-likeness (QED) is 0.361. The van der Waals surface area contributed by atoms with E-state index in [4.69, 9.17) is 9.84 Å². The molecule has 0 heterocycles. The van der Waals surface area contributed by atoms with Crippen LogP contribution in [0.1, 0.15) is 41.3 Å². The first-order valence-electron chi connectivity index (χ1n) is 9.92. The van der Waals surface area contributed by atoms with E-state index in [9.17, 15) is 14.0 Å². The van der Waals surface area contributed by atoms with Crippen LogP contribution in [0.5, 0.6) is 5.75 Å². The van der Waals surface area contributed by atoms with Gasteiger partial charge in [-0.3, -0.25) is 4.79 Å². The van der Waals surface area contributed by atoms with Crippen molar-refractivity contribution in [3.63, 3.8) is 0 Å². The van der Waals surface area contributed by atoms with Crippen molar-refractivity contribution < 1.29 is 23.8 Å². The molecule has 0 aromatic heterocycles. The van der Waals surface area contributed by atoms with Crippen molar-refractivity contribution in [2.75, 3.05) is 6.61 Å². The summed E-state index contributed by atoms with van der Waals surface area (Å²) in [5.41, 5.74) is 4.28. The first kappa shape index (κ1) is 22.0. The molecule has 3 aromatic rings. The smallest absolute Gasteiger partial charge is 0.377 e. The third kappa shape index (κ3) is 5.45. The van der Waals surface area contributed by atoms with E-state index in [1.165, 1.54) is 29.8 Å². The molecule has 0 spiro atoms. The summed E-state index contributed by atoms with van der Waals surface area (Å²) in [5.74, 6) is -1.88. The number of ketones is 1. The molecule has 31 heavy (non-hydrogen) atoms. The molecule has 3 rings (SSSR count). The van der Waals surface area contributed by atoms with E-state index in [2.05, 4.69) is 19.9 Å². The summed E-state index contributed by atoms with van der Waals surface area (Å²) in [6, 6.07) is 18.5. The zero-order valence-corrected chi connectivity index (χ0v) is 17.3. The Morgan fingerprint density at radius 1 is 1.00 bits per heavy atom. The van der Waals surface area contributed by atoms with Gasteiger partial charge in [0.15, 0.2) is 0 Å². The summed E-state index contributed by atoms with van der Waals surface area (Å²) in [6.07, 6.45) is 3.89. The lowest BCUT2D eigenvalue weighted by atomic mass is 9.90. The Kier molecular flexibility index (Phi) is 6.98. The molecule has 0 aliphatic heterocycles. The Labute approximate surface area is 180 Å². The van der Waals surface area contributed by atoms with Gasteiger partial charge in [0, 0.05) is 5.56 Å². The zero-order chi connectivity index (χ0) is 22.4. The minimum absolute atomic E-state index is 0.102. The van der Waals surface area contributed by atoms with Crippen molar-refractivity contribution >= 4 is 17.8 Å². The summed E-state index contributed by atoms with van der Waals surface area (Å²) < 4.78 is 19.0. The number of ether oxygens (including phenoxy) is 1. The third-order valence-electron chi connectivity index (χ3n) is 4.86. The number of carbonyl (C=O) groups is 2. The van der Waals surface area contributed by atoms with Gasteiger partial charge in [0.25, 0.3) is 5.78 Å². The number of hydrogen-bond acceptors (Lipinski definition) is 3. The highest BCUT2D eigenvalue weighted by Gasteiger charge is 2.14. The predicted molar refractivity (Wildman–Crippen MR) is 119 cm³/mol. The molecule has 0 aliphatic rings. The van der Waals surface area contributed by atoms with Crippen LogP contribution in [0.15, 0.2) is 72.8 Å². The van der Waals surface area contributed by atoms with E-state index in [-0.39, 0.29) is 11.4 Å². The molecule has 1 N–H and O–H groups in total. The molecule has 3 aromatic carbocycles. The summed E-state index contributed by atoms with van der Waals surface area (Å²) in [7, 11) is 0. The molecule has 0 saturated heterocycles. The van der Waals surface area contributed by atoms with Crippen LogP contribution >= 0.6 is 0 Å². The van der Waals surface area contributed by atoms with E-state index >= 15 is 0 Å². The van der Waals surface area contributed by atoms with Crippen molar-refractivity contribution in [3.8, 4) is 16.9 Å². The number of carboxylic acids is 1. The SMILES string of the molecule is CC(C)c1cccc(-c2ccc(F)cc2)c1/C=C/COc1ccc(C(=O)C(=O)O)cc1. The lowest BCUT2D eigenvalue weighted by Gasteiger charge is -2.15. The Bertz CT molecular complexity index is 1100. The Morgan fingerprint density at radius 2 is 1.68 bits per heavy atom. The van der Waals surface area contributed by atoms with Crippen LogP contribution in [-0.2, 0) is 4.79 Å². The van der Waals surface area contributed by atoms with Crippen LogP contribution in [0.3, 0.4) is 0 Å². The topological polar surface area (TPSA) is 63.6 Å². The minimum Gasteiger partial charge on any atom is -0.490 e. The number of carboxylic acid groups (broad SMARTS) is 1. The summed E-state index contributed by atoms with van der Waals surface area (Å²) >= 11 is 0. The van der Waals surface area contributed by atoms with Gasteiger partial charge in [-0.2, -0.15) is 0 Å². The van der Waals surface area contributed by atoms with Crippen molar-refractivity contribution in [2.45, 2.75) is 19.8 Å². The van der Waals surface area contributed by atoms with Crippen LogP contribution in [0.2, 0.25) is 0 Å². The molecule has 0 bridgehead atoms. The lowest BCUT2D eigenvalue weighted by molar-refractivity contribution is -0.131. The molecule has 0 radical (unpaired) electrons. The van der Waals surface area contributed by atoms with Crippen molar-refractivity contribution in [1.29, 1.82) is 0 Å². The van der Waals surface area contributed by atoms with E-state index in [0.717, 1.165) is 16.7 Å². The van der Waals surface area contributed by atoms with Crippen molar-refractivity contribution in [1.82, 2.24) is 0 Å². The molecule has 0 atom stereocenters. The lowest BCUT2D eigenvalue weighted by Crippen LogP contribution is -2.12. The first-order valence-corrected chi connectivity index (χ1v) is 9.92. The average molecular weight is 418 g/mol. The molecular weight excluding hydrogens is 395 g/mol. The normalized spacial score (nSPS) is 11.1. The Balaban J connectivity index is 1.78. The van der Waals surface area contributed by atoms with Gasteiger partial charge in [0.05, 0.1) is 0 Å². The Morgan fingerprint density at radius 3 is 2.29 bits per heavy atom. The van der Waals surface area contributed by atoms with Gasteiger partial charge in [0.2, 0.25) is 0 Å². The highest BCUT2D eigenvalue weighted by Crippen LogP contribution is 2.31. The molecule has 0 aliphatic carbocycles. The van der Waals surface area contributed by atoms with E-state index in [1.807, 2.05) is 24.3 Å². The second-order valence-corrected chi connectivity index (χ2v) is 7.34. The highest BCUT2D eigenvalue weighted by molar-refractivity contribution is 6.39. The van der Waals surface area contributed by atoms with Crippen LogP contribution < -0.4 is 4.74 Å². The fraction of sp³-hybridized carbons (Fsp3) is 0.154. The van der Waals surface area contributed by atoms with E-state index in [0.29, 0.717) is 18.3 Å². The molecule has 4 nitrogen and oxygen atoms in total. The number of aliphatic carboxylic acids is 1. The second kappa shape index (κ2) is 9.85. The van der Waals surface area contributed by atoms with Gasteiger partial charge in [0.1, 0.15) is 18.2 Å². The fourth-order valence-corrected chi connectivity index (χ4v) is 3.29. The van der Waals surface area contributed by atoms with Gasteiger partial charge in [-0.15, -0.1) is 0 Å². The average Bonchev–Trinajstić information content (AvgIpc) is 2.77. The Hall–Kier alpha value is -3.73. The van der Waals surface area contributed by atoms with E-state index in [1.54, 1.807) is 24.3 Å². The van der Waals surface area contributed by atoms with Gasteiger partial charge in [-0.1, -0.05) is 50.3 Å². The maximum Gasteiger partial charge on any atom is 0.377 e. The number of hydrogen-bond donors (Lipinski definition) is 1. The number of rotatable bonds is 8. The van der Waals surface area contributed by atoms with E-state index < -0.39 is 11.8 Å². The maximum absolute atomic E-state index is 13.4. The van der Waals surface area contributed by atoms with Crippen LogP contribution in [0.4, 0.5) is 4.39 Å². The molecule has 0 amide bonds. The van der Waals surface area contributed by atoms with Gasteiger partial charge < -0.3 is 9.84 Å². The minimum atomic E-state index is -1.49. The monoisotopic (exact) mass is 418 g/mol. The van der Waals surface area contributed by atoms with Crippen molar-refractivity contribution in [3.05, 3.63) is 95.3 Å². The standard InChI is InChI=1S/C26H23FO4/c1-17(2)22-5-3-6-23(18-8-12-20(27)13-9-18)24(22)7-4-16-31-21-14-10-19(11-15-21)25(28)26(29)30/h3-15,17H,16H2,1-2H3,(H,29,30)/b7-4+. The van der Waals surface area contributed by atoms with Crippen LogP contribution in [0.25, 0.3) is 17.2 Å². The summed E-state index contributed by atoms with van der Waals surface area (Å²) in [5, 5.41) is 8.76. The maximum atomic E-state index is 13.4. The zero-order valence-electron chi connectivity index (χ0n) is 17.3. The van der Waals surface area contributed by atoms with Crippen LogP contribution in [0, 0.1) is 5.82 Å². The number of Topliss-reactive ketones (excluding diaryl/α,β-unsaturated/α-hetero) is 1. The number of halogens is 1. The summed E-state index contributed by atoms with van der Waals surface area (Å²) in [4.78, 5) is 22.2. The molecule has 0 unspecified atom stereocenters. The van der Waals surface area contributed by atoms with Crippen molar-refractivity contribution in [2.24, 2.45) is 0 Å². The second-order valence-electron chi connectivity index (χ2n) is 7.34.